The van der Waals surface area contributed by atoms with E-state index in [1.54, 1.807) is 0 Å². The molecule has 7 nitrogen and oxygen atoms in total. The van der Waals surface area contributed by atoms with E-state index >= 15 is 0 Å². The molecule has 0 aliphatic rings. The number of carbonyl (C=O) groups excluding carboxylic acids is 1. The van der Waals surface area contributed by atoms with E-state index in [-0.39, 0.29) is 12.1 Å². The number of likely N-dealkylation sites (N-methyl/N-ethyl adjacent to an activating group) is 1. The van der Waals surface area contributed by atoms with E-state index in [4.69, 9.17) is 4.74 Å². The Kier molecular flexibility index (Phi) is 10.5. The van der Waals surface area contributed by atoms with Gasteiger partial charge in [-0.3, -0.25) is 4.18 Å². The topological polar surface area (TPSA) is 92.7 Å². The fraction of sp³-hybridized carbons (Fsp3) is 0.750. The van der Waals surface area contributed by atoms with Crippen LogP contribution in [0.5, 0.6) is 0 Å². The zero-order valence-electron chi connectivity index (χ0n) is 12.8. The number of hydrogen-bond donors (Lipinski definition) is 0. The van der Waals surface area contributed by atoms with Gasteiger partial charge in [-0.05, 0) is 20.8 Å². The fourth-order valence-electron chi connectivity index (χ4n) is 1.39. The van der Waals surface area contributed by atoms with Crippen molar-refractivity contribution in [2.75, 3.05) is 33.8 Å². The summed E-state index contributed by atoms with van der Waals surface area (Å²) in [6.45, 7) is 12.5. The SMILES string of the molecule is C=CC(=O)OC(C)C[N+](C)(CC)CC.COS(=O)(=O)[O-]. The Morgan fingerprint density at radius 3 is 2.05 bits per heavy atom. The van der Waals surface area contributed by atoms with Crippen molar-refractivity contribution in [2.45, 2.75) is 26.9 Å². The minimum Gasteiger partial charge on any atom is -0.726 e. The van der Waals surface area contributed by atoms with E-state index in [2.05, 4.69) is 31.7 Å². The van der Waals surface area contributed by atoms with Gasteiger partial charge in [0.25, 0.3) is 0 Å². The van der Waals surface area contributed by atoms with Gasteiger partial charge in [-0.25, -0.2) is 13.2 Å². The maximum atomic E-state index is 10.9. The number of quaternary nitrogens is 1. The van der Waals surface area contributed by atoms with Crippen molar-refractivity contribution in [1.29, 1.82) is 0 Å². The summed E-state index contributed by atoms with van der Waals surface area (Å²) in [5.74, 6) is -0.337. The Labute approximate surface area is 121 Å². The Morgan fingerprint density at radius 2 is 1.80 bits per heavy atom. The lowest BCUT2D eigenvalue weighted by Crippen LogP contribution is -2.48. The van der Waals surface area contributed by atoms with Crippen LogP contribution in [-0.2, 0) is 24.1 Å². The van der Waals surface area contributed by atoms with Crippen LogP contribution in [0.2, 0.25) is 0 Å². The van der Waals surface area contributed by atoms with Crippen molar-refractivity contribution >= 4 is 16.4 Å². The number of hydrogen-bond acceptors (Lipinski definition) is 6. The minimum absolute atomic E-state index is 0.0506. The van der Waals surface area contributed by atoms with Gasteiger partial charge < -0.3 is 13.8 Å². The quantitative estimate of drug-likeness (QED) is 0.226. The summed E-state index contributed by atoms with van der Waals surface area (Å²) in [6.07, 6.45) is 1.16. The molecule has 8 heteroatoms. The lowest BCUT2D eigenvalue weighted by atomic mass is 10.3. The van der Waals surface area contributed by atoms with Crippen LogP contribution in [0.1, 0.15) is 20.8 Å². The molecule has 0 spiro atoms. The molecule has 0 aromatic heterocycles. The molecule has 20 heavy (non-hydrogen) atoms. The summed E-state index contributed by atoms with van der Waals surface area (Å²) in [7, 11) is -1.44. The highest BCUT2D eigenvalue weighted by Crippen LogP contribution is 2.05. The lowest BCUT2D eigenvalue weighted by molar-refractivity contribution is -0.908. The molecular formula is C12H25NO6S. The Hall–Kier alpha value is -0.960. The highest BCUT2D eigenvalue weighted by Gasteiger charge is 2.21. The van der Waals surface area contributed by atoms with E-state index in [0.717, 1.165) is 31.2 Å². The van der Waals surface area contributed by atoms with Crippen molar-refractivity contribution in [3.8, 4) is 0 Å². The normalized spacial score (nSPS) is 12.9. The summed E-state index contributed by atoms with van der Waals surface area (Å²) in [4.78, 5) is 10.9. The number of rotatable bonds is 7. The largest absolute Gasteiger partial charge is 0.726 e. The third kappa shape index (κ3) is 12.1. The first kappa shape index (κ1) is 21.3. The Morgan fingerprint density at radius 1 is 1.40 bits per heavy atom. The number of esters is 1. The molecule has 0 aromatic carbocycles. The van der Waals surface area contributed by atoms with Crippen LogP contribution in [-0.4, -0.2) is 63.3 Å². The highest BCUT2D eigenvalue weighted by atomic mass is 32.3. The van der Waals surface area contributed by atoms with E-state index in [1.807, 2.05) is 6.92 Å². The molecule has 0 saturated carbocycles. The van der Waals surface area contributed by atoms with Crippen LogP contribution in [0.3, 0.4) is 0 Å². The van der Waals surface area contributed by atoms with Crippen LogP contribution >= 0.6 is 0 Å². The molecule has 0 fully saturated rings. The van der Waals surface area contributed by atoms with E-state index in [1.165, 1.54) is 6.08 Å². The van der Waals surface area contributed by atoms with Gasteiger partial charge in [0.15, 0.2) is 0 Å². The van der Waals surface area contributed by atoms with Gasteiger partial charge in [0.2, 0.25) is 10.4 Å². The summed E-state index contributed by atoms with van der Waals surface area (Å²) in [5, 5.41) is 0. The van der Waals surface area contributed by atoms with Gasteiger partial charge in [0.05, 0.1) is 27.2 Å². The molecule has 0 N–H and O–H groups in total. The number of ether oxygens (including phenoxy) is 1. The molecule has 0 aliphatic carbocycles. The molecule has 0 radical (unpaired) electrons. The van der Waals surface area contributed by atoms with E-state index in [9.17, 15) is 17.8 Å². The molecule has 1 atom stereocenters. The van der Waals surface area contributed by atoms with E-state index < -0.39 is 10.4 Å². The van der Waals surface area contributed by atoms with Crippen LogP contribution in [0, 0.1) is 0 Å². The molecule has 0 rings (SSSR count). The lowest BCUT2D eigenvalue weighted by Gasteiger charge is -2.34. The van der Waals surface area contributed by atoms with E-state index in [0.29, 0.717) is 0 Å². The maximum Gasteiger partial charge on any atom is 0.330 e. The van der Waals surface area contributed by atoms with Gasteiger partial charge in [-0.1, -0.05) is 6.58 Å². The molecule has 0 bridgehead atoms. The highest BCUT2D eigenvalue weighted by molar-refractivity contribution is 7.80. The predicted octanol–water partition coefficient (Wildman–Crippen LogP) is 0.684. The molecule has 1 unspecified atom stereocenters. The third-order valence-corrected chi connectivity index (χ3v) is 3.32. The predicted molar refractivity (Wildman–Crippen MR) is 74.6 cm³/mol. The zero-order chi connectivity index (χ0) is 16.4. The minimum atomic E-state index is -4.41. The first-order chi connectivity index (χ1) is 9.03. The first-order valence-electron chi connectivity index (χ1n) is 6.21. The Bertz CT molecular complexity index is 389. The summed E-state index contributed by atoms with van der Waals surface area (Å²) in [6, 6.07) is 0. The van der Waals surface area contributed by atoms with Gasteiger partial charge in [-0.2, -0.15) is 0 Å². The van der Waals surface area contributed by atoms with Crippen LogP contribution in [0.25, 0.3) is 0 Å². The molecule has 0 amide bonds. The molecule has 0 aliphatic heterocycles. The smallest absolute Gasteiger partial charge is 0.330 e. The standard InChI is InChI=1S/C11H22NO2.CH4O4S/c1-6-11(13)14-10(4)9-12(5,7-2)8-3;1-5-6(2,3)4/h6,10H,1,7-9H2,2-5H3;1H3,(H,2,3,4)/q+1;/p-1. The first-order valence-corrected chi connectivity index (χ1v) is 7.54. The summed E-state index contributed by atoms with van der Waals surface area (Å²) < 4.78 is 37.1. The van der Waals surface area contributed by atoms with Crippen LogP contribution < -0.4 is 0 Å². The third-order valence-electron chi connectivity index (χ3n) is 2.91. The van der Waals surface area contributed by atoms with Crippen molar-refractivity contribution in [2.24, 2.45) is 0 Å². The molecule has 0 saturated heterocycles. The Balaban J connectivity index is 0. The molecular weight excluding hydrogens is 286 g/mol. The van der Waals surface area contributed by atoms with Crippen molar-refractivity contribution in [3.63, 3.8) is 0 Å². The zero-order valence-corrected chi connectivity index (χ0v) is 13.6. The number of nitrogens with zero attached hydrogens (tertiary/aromatic N) is 1. The number of carbonyl (C=O) groups is 1. The van der Waals surface area contributed by atoms with Crippen molar-refractivity contribution in [3.05, 3.63) is 12.7 Å². The van der Waals surface area contributed by atoms with Gasteiger partial charge in [0.1, 0.15) is 12.6 Å². The second-order valence-electron chi connectivity index (χ2n) is 4.46. The maximum absolute atomic E-state index is 10.9. The summed E-state index contributed by atoms with van der Waals surface area (Å²) in [5.41, 5.74) is 0. The average molecular weight is 311 g/mol. The second-order valence-corrected chi connectivity index (χ2v) is 5.61. The average Bonchev–Trinajstić information content (AvgIpc) is 2.38. The van der Waals surface area contributed by atoms with Crippen molar-refractivity contribution < 1.29 is 31.2 Å². The van der Waals surface area contributed by atoms with Gasteiger partial charge in [0, 0.05) is 6.08 Å². The van der Waals surface area contributed by atoms with Crippen LogP contribution in [0.15, 0.2) is 12.7 Å². The molecule has 0 aromatic rings. The van der Waals surface area contributed by atoms with Crippen molar-refractivity contribution in [1.82, 2.24) is 0 Å². The van der Waals surface area contributed by atoms with Gasteiger partial charge in [-0.15, -0.1) is 0 Å². The van der Waals surface area contributed by atoms with Crippen LogP contribution in [0.4, 0.5) is 0 Å². The van der Waals surface area contributed by atoms with Gasteiger partial charge >= 0.3 is 5.97 Å². The molecule has 120 valence electrons. The fourth-order valence-corrected chi connectivity index (χ4v) is 1.39. The summed E-state index contributed by atoms with van der Waals surface area (Å²) >= 11 is 0. The second kappa shape index (κ2) is 9.87. The molecule has 0 heterocycles. The monoisotopic (exact) mass is 311 g/mol.